The van der Waals surface area contributed by atoms with E-state index in [0.717, 1.165) is 37.9 Å². The molecule has 0 spiro atoms. The molecule has 0 heterocycles. The topological polar surface area (TPSA) is 21.3 Å². The normalized spacial score (nSPS) is 17.5. The SMILES string of the molecule is COCCNCC1(Cc2ccc(C(F)(F)F)cc2)CCC1. The molecule has 0 unspecified atom stereocenters. The molecule has 5 heteroatoms. The minimum atomic E-state index is -4.26. The predicted octanol–water partition coefficient (Wildman–Crippen LogP) is 3.65. The highest BCUT2D eigenvalue weighted by Crippen LogP contribution is 2.43. The third-order valence-corrected chi connectivity index (χ3v) is 4.26. The van der Waals surface area contributed by atoms with Crippen LogP contribution in [0.2, 0.25) is 0 Å². The van der Waals surface area contributed by atoms with Crippen molar-refractivity contribution in [2.75, 3.05) is 26.8 Å². The Morgan fingerprint density at radius 1 is 1.19 bits per heavy atom. The van der Waals surface area contributed by atoms with Crippen molar-refractivity contribution in [3.63, 3.8) is 0 Å². The Labute approximate surface area is 123 Å². The highest BCUT2D eigenvalue weighted by atomic mass is 19.4. The summed E-state index contributed by atoms with van der Waals surface area (Å²) in [5.41, 5.74) is 0.608. The maximum atomic E-state index is 12.6. The van der Waals surface area contributed by atoms with Gasteiger partial charge >= 0.3 is 6.18 Å². The van der Waals surface area contributed by atoms with Crippen LogP contribution in [0.25, 0.3) is 0 Å². The van der Waals surface area contributed by atoms with E-state index in [1.54, 1.807) is 19.2 Å². The van der Waals surface area contributed by atoms with E-state index in [4.69, 9.17) is 4.74 Å². The van der Waals surface area contributed by atoms with Crippen LogP contribution >= 0.6 is 0 Å². The number of benzene rings is 1. The maximum absolute atomic E-state index is 12.6. The molecular formula is C16H22F3NO. The van der Waals surface area contributed by atoms with Crippen LogP contribution in [-0.2, 0) is 17.3 Å². The Balaban J connectivity index is 1.92. The summed E-state index contributed by atoms with van der Waals surface area (Å²) in [5.74, 6) is 0. The number of hydrogen-bond acceptors (Lipinski definition) is 2. The number of ether oxygens (including phenoxy) is 1. The third kappa shape index (κ3) is 4.45. The molecule has 118 valence electrons. The zero-order valence-electron chi connectivity index (χ0n) is 12.3. The van der Waals surface area contributed by atoms with Crippen molar-refractivity contribution in [2.45, 2.75) is 31.9 Å². The Kier molecular flexibility index (Phi) is 5.27. The molecular weight excluding hydrogens is 279 g/mol. The second-order valence-electron chi connectivity index (χ2n) is 5.89. The number of alkyl halides is 3. The van der Waals surface area contributed by atoms with Crippen molar-refractivity contribution < 1.29 is 17.9 Å². The molecule has 1 aliphatic rings. The molecule has 1 saturated carbocycles. The van der Waals surface area contributed by atoms with Crippen LogP contribution in [0, 0.1) is 5.41 Å². The first kappa shape index (κ1) is 16.3. The van der Waals surface area contributed by atoms with Crippen LogP contribution < -0.4 is 5.32 Å². The van der Waals surface area contributed by atoms with E-state index in [1.165, 1.54) is 18.6 Å². The summed E-state index contributed by atoms with van der Waals surface area (Å²) in [4.78, 5) is 0. The van der Waals surface area contributed by atoms with E-state index in [0.29, 0.717) is 6.61 Å². The molecule has 21 heavy (non-hydrogen) atoms. The van der Waals surface area contributed by atoms with E-state index >= 15 is 0 Å². The molecule has 0 atom stereocenters. The van der Waals surface area contributed by atoms with Crippen LogP contribution in [-0.4, -0.2) is 26.8 Å². The van der Waals surface area contributed by atoms with Gasteiger partial charge in [0.2, 0.25) is 0 Å². The van der Waals surface area contributed by atoms with E-state index in [-0.39, 0.29) is 5.41 Å². The number of halogens is 3. The minimum absolute atomic E-state index is 0.202. The van der Waals surface area contributed by atoms with Gasteiger partial charge < -0.3 is 10.1 Å². The smallest absolute Gasteiger partial charge is 0.383 e. The maximum Gasteiger partial charge on any atom is 0.416 e. The molecule has 1 aromatic rings. The zero-order valence-corrected chi connectivity index (χ0v) is 12.3. The van der Waals surface area contributed by atoms with Crippen molar-refractivity contribution in [1.82, 2.24) is 5.32 Å². The molecule has 0 bridgehead atoms. The van der Waals surface area contributed by atoms with E-state index in [9.17, 15) is 13.2 Å². The van der Waals surface area contributed by atoms with E-state index in [1.807, 2.05) is 0 Å². The molecule has 0 saturated heterocycles. The number of hydrogen-bond donors (Lipinski definition) is 1. The number of rotatable bonds is 7. The summed E-state index contributed by atoms with van der Waals surface area (Å²) in [6, 6.07) is 5.58. The van der Waals surface area contributed by atoms with Crippen LogP contribution in [0.4, 0.5) is 13.2 Å². The largest absolute Gasteiger partial charge is 0.416 e. The van der Waals surface area contributed by atoms with E-state index in [2.05, 4.69) is 5.32 Å². The average Bonchev–Trinajstić information content (AvgIpc) is 2.40. The van der Waals surface area contributed by atoms with Crippen LogP contribution in [0.3, 0.4) is 0 Å². The van der Waals surface area contributed by atoms with Crippen molar-refractivity contribution >= 4 is 0 Å². The summed E-state index contributed by atoms with van der Waals surface area (Å²) >= 11 is 0. The van der Waals surface area contributed by atoms with Gasteiger partial charge in [-0.05, 0) is 42.4 Å². The second kappa shape index (κ2) is 6.79. The lowest BCUT2D eigenvalue weighted by Gasteiger charge is -2.42. The molecule has 0 aliphatic heterocycles. The van der Waals surface area contributed by atoms with Gasteiger partial charge in [0.25, 0.3) is 0 Å². The van der Waals surface area contributed by atoms with Gasteiger partial charge in [0, 0.05) is 20.2 Å². The van der Waals surface area contributed by atoms with Gasteiger partial charge in [-0.1, -0.05) is 18.6 Å². The van der Waals surface area contributed by atoms with Crippen molar-refractivity contribution in [1.29, 1.82) is 0 Å². The Morgan fingerprint density at radius 3 is 2.33 bits per heavy atom. The molecule has 2 rings (SSSR count). The Morgan fingerprint density at radius 2 is 1.86 bits per heavy atom. The van der Waals surface area contributed by atoms with E-state index < -0.39 is 11.7 Å². The summed E-state index contributed by atoms with van der Waals surface area (Å²) in [5, 5.41) is 3.38. The lowest BCUT2D eigenvalue weighted by molar-refractivity contribution is -0.137. The lowest BCUT2D eigenvalue weighted by Crippen LogP contribution is -2.42. The Hall–Kier alpha value is -1.07. The molecule has 0 amide bonds. The van der Waals surface area contributed by atoms with Crippen molar-refractivity contribution in [3.05, 3.63) is 35.4 Å². The zero-order chi connectivity index (χ0) is 15.3. The molecule has 2 nitrogen and oxygen atoms in total. The van der Waals surface area contributed by atoms with Gasteiger partial charge in [-0.3, -0.25) is 0 Å². The van der Waals surface area contributed by atoms with Crippen molar-refractivity contribution in [3.8, 4) is 0 Å². The first-order chi connectivity index (χ1) is 9.95. The highest BCUT2D eigenvalue weighted by molar-refractivity contribution is 5.26. The number of nitrogens with one attached hydrogen (secondary N) is 1. The van der Waals surface area contributed by atoms with Gasteiger partial charge in [0.05, 0.1) is 12.2 Å². The third-order valence-electron chi connectivity index (χ3n) is 4.26. The lowest BCUT2D eigenvalue weighted by atomic mass is 9.65. The fourth-order valence-corrected chi connectivity index (χ4v) is 2.87. The van der Waals surface area contributed by atoms with Gasteiger partial charge in [-0.2, -0.15) is 13.2 Å². The van der Waals surface area contributed by atoms with Crippen LogP contribution in [0.1, 0.15) is 30.4 Å². The Bertz CT molecular complexity index is 438. The first-order valence-corrected chi connectivity index (χ1v) is 7.31. The molecule has 1 fully saturated rings. The number of methoxy groups -OCH3 is 1. The van der Waals surface area contributed by atoms with Gasteiger partial charge in [-0.25, -0.2) is 0 Å². The summed E-state index contributed by atoms with van der Waals surface area (Å²) in [7, 11) is 1.67. The predicted molar refractivity (Wildman–Crippen MR) is 76.2 cm³/mol. The molecule has 0 aromatic heterocycles. The van der Waals surface area contributed by atoms with Crippen LogP contribution in [0.5, 0.6) is 0 Å². The average molecular weight is 301 g/mol. The van der Waals surface area contributed by atoms with Crippen LogP contribution in [0.15, 0.2) is 24.3 Å². The van der Waals surface area contributed by atoms with Gasteiger partial charge in [-0.15, -0.1) is 0 Å². The highest BCUT2D eigenvalue weighted by Gasteiger charge is 2.37. The molecule has 1 aliphatic carbocycles. The summed E-state index contributed by atoms with van der Waals surface area (Å²) in [6.07, 6.45) is 0.0497. The second-order valence-corrected chi connectivity index (χ2v) is 5.89. The van der Waals surface area contributed by atoms with Gasteiger partial charge in [0.1, 0.15) is 0 Å². The first-order valence-electron chi connectivity index (χ1n) is 7.31. The summed E-state index contributed by atoms with van der Waals surface area (Å²) < 4.78 is 42.7. The monoisotopic (exact) mass is 301 g/mol. The minimum Gasteiger partial charge on any atom is -0.383 e. The molecule has 0 radical (unpaired) electrons. The fourth-order valence-electron chi connectivity index (χ4n) is 2.87. The standard InChI is InChI=1S/C16H22F3NO/c1-21-10-9-20-12-15(7-2-8-15)11-13-3-5-14(6-4-13)16(17,18)19/h3-6,20H,2,7-12H2,1H3. The fraction of sp³-hybridized carbons (Fsp3) is 0.625. The van der Waals surface area contributed by atoms with Crippen molar-refractivity contribution in [2.24, 2.45) is 5.41 Å². The molecule has 1 aromatic carbocycles. The quantitative estimate of drug-likeness (QED) is 0.776. The summed E-state index contributed by atoms with van der Waals surface area (Å²) in [6.45, 7) is 2.39. The van der Waals surface area contributed by atoms with Gasteiger partial charge in [0.15, 0.2) is 0 Å². The molecule has 1 N–H and O–H groups in total.